The van der Waals surface area contributed by atoms with Gasteiger partial charge in [-0.3, -0.25) is 14.2 Å². The van der Waals surface area contributed by atoms with E-state index < -0.39 is 0 Å². The maximum atomic E-state index is 12.9. The van der Waals surface area contributed by atoms with E-state index in [1.807, 2.05) is 61.5 Å². The van der Waals surface area contributed by atoms with Gasteiger partial charge in [0, 0.05) is 12.6 Å². The van der Waals surface area contributed by atoms with Crippen LogP contribution in [0, 0.1) is 0 Å². The molecule has 4 rings (SSSR count). The van der Waals surface area contributed by atoms with Crippen LogP contribution < -0.4 is 10.9 Å². The van der Waals surface area contributed by atoms with Crippen molar-refractivity contribution >= 4 is 28.6 Å². The summed E-state index contributed by atoms with van der Waals surface area (Å²) in [7, 11) is 0. The smallest absolute Gasteiger partial charge is 0.262 e. The van der Waals surface area contributed by atoms with E-state index in [2.05, 4.69) is 10.3 Å². The molecule has 1 fully saturated rings. The SMILES string of the molecule is CC(Sc1nc2ccccc2c(=O)n1C1CC1)C(=O)NCc1ccccc1. The molecule has 6 heteroatoms. The average molecular weight is 379 g/mol. The van der Waals surface area contributed by atoms with Crippen molar-refractivity contribution in [1.29, 1.82) is 0 Å². The lowest BCUT2D eigenvalue weighted by atomic mass is 10.2. The minimum Gasteiger partial charge on any atom is -0.351 e. The molecule has 0 aliphatic heterocycles. The molecular weight excluding hydrogens is 358 g/mol. The second-order valence-electron chi connectivity index (χ2n) is 6.78. The Bertz CT molecular complexity index is 1030. The summed E-state index contributed by atoms with van der Waals surface area (Å²) in [5, 5.41) is 3.88. The van der Waals surface area contributed by atoms with Gasteiger partial charge in [-0.25, -0.2) is 4.98 Å². The topological polar surface area (TPSA) is 64.0 Å². The molecule has 5 nitrogen and oxygen atoms in total. The minimum atomic E-state index is -0.341. The molecule has 138 valence electrons. The lowest BCUT2D eigenvalue weighted by Gasteiger charge is -2.16. The standard InChI is InChI=1S/C21H21N3O2S/c1-14(19(25)22-13-15-7-3-2-4-8-15)27-21-23-18-10-6-5-9-17(18)20(26)24(21)16-11-12-16/h2-10,14,16H,11-13H2,1H3,(H,22,25). The summed E-state index contributed by atoms with van der Waals surface area (Å²) >= 11 is 1.35. The molecule has 3 aromatic rings. The zero-order chi connectivity index (χ0) is 18.8. The molecule has 1 heterocycles. The van der Waals surface area contributed by atoms with Gasteiger partial charge in [0.2, 0.25) is 5.91 Å². The molecule has 1 saturated carbocycles. The van der Waals surface area contributed by atoms with Crippen molar-refractivity contribution in [2.45, 2.75) is 42.8 Å². The van der Waals surface area contributed by atoms with E-state index in [9.17, 15) is 9.59 Å². The molecule has 27 heavy (non-hydrogen) atoms. The number of fused-ring (bicyclic) bond motifs is 1. The molecular formula is C21H21N3O2S. The van der Waals surface area contributed by atoms with E-state index in [-0.39, 0.29) is 22.8 Å². The van der Waals surface area contributed by atoms with Crippen LogP contribution in [0.3, 0.4) is 0 Å². The lowest BCUT2D eigenvalue weighted by molar-refractivity contribution is -0.120. The molecule has 0 bridgehead atoms. The van der Waals surface area contributed by atoms with Gasteiger partial charge in [0.25, 0.3) is 5.56 Å². The van der Waals surface area contributed by atoms with Gasteiger partial charge in [-0.05, 0) is 37.5 Å². The molecule has 1 unspecified atom stereocenters. The number of amides is 1. The number of thioether (sulfide) groups is 1. The zero-order valence-electron chi connectivity index (χ0n) is 15.1. The highest BCUT2D eigenvalue weighted by Gasteiger charge is 2.30. The number of carbonyl (C=O) groups excluding carboxylic acids is 1. The maximum Gasteiger partial charge on any atom is 0.262 e. The van der Waals surface area contributed by atoms with Gasteiger partial charge in [-0.2, -0.15) is 0 Å². The molecule has 0 saturated heterocycles. The molecule has 0 spiro atoms. The first-order chi connectivity index (χ1) is 13.1. The summed E-state index contributed by atoms with van der Waals surface area (Å²) in [6.07, 6.45) is 1.98. The summed E-state index contributed by atoms with van der Waals surface area (Å²) in [5.41, 5.74) is 1.73. The van der Waals surface area contributed by atoms with E-state index in [0.29, 0.717) is 22.6 Å². The highest BCUT2D eigenvalue weighted by molar-refractivity contribution is 8.00. The van der Waals surface area contributed by atoms with Crippen LogP contribution in [0.15, 0.2) is 64.5 Å². The van der Waals surface area contributed by atoms with Crippen molar-refractivity contribution in [3.8, 4) is 0 Å². The van der Waals surface area contributed by atoms with Crippen LogP contribution in [0.2, 0.25) is 0 Å². The molecule has 1 atom stereocenters. The summed E-state index contributed by atoms with van der Waals surface area (Å²) < 4.78 is 1.77. The van der Waals surface area contributed by atoms with Gasteiger partial charge < -0.3 is 5.32 Å². The Morgan fingerprint density at radius 1 is 1.19 bits per heavy atom. The Kier molecular flexibility index (Phi) is 4.99. The van der Waals surface area contributed by atoms with Crippen molar-refractivity contribution < 1.29 is 4.79 Å². The molecule has 1 aromatic heterocycles. The van der Waals surface area contributed by atoms with Crippen LogP contribution in [-0.2, 0) is 11.3 Å². The Labute approximate surface area is 161 Å². The highest BCUT2D eigenvalue weighted by atomic mass is 32.2. The fourth-order valence-corrected chi connectivity index (χ4v) is 4.01. The quantitative estimate of drug-likeness (QED) is 0.526. The number of para-hydroxylation sites is 1. The van der Waals surface area contributed by atoms with Crippen molar-refractivity contribution in [3.63, 3.8) is 0 Å². The van der Waals surface area contributed by atoms with Crippen LogP contribution >= 0.6 is 11.8 Å². The van der Waals surface area contributed by atoms with Gasteiger partial charge in [0.1, 0.15) is 0 Å². The third-order valence-corrected chi connectivity index (χ3v) is 5.71. The van der Waals surface area contributed by atoms with Crippen molar-refractivity contribution in [2.75, 3.05) is 0 Å². The molecule has 1 aliphatic carbocycles. The molecule has 2 aromatic carbocycles. The van der Waals surface area contributed by atoms with E-state index in [4.69, 9.17) is 0 Å². The number of aromatic nitrogens is 2. The van der Waals surface area contributed by atoms with E-state index in [1.165, 1.54) is 11.8 Å². The number of hydrogen-bond donors (Lipinski definition) is 1. The predicted octanol–water partition coefficient (Wildman–Crippen LogP) is 3.53. The second-order valence-corrected chi connectivity index (χ2v) is 8.09. The Balaban J connectivity index is 1.54. The Morgan fingerprint density at radius 2 is 1.89 bits per heavy atom. The summed E-state index contributed by atoms with van der Waals surface area (Å²) in [6, 6.07) is 17.4. The molecule has 1 amide bonds. The van der Waals surface area contributed by atoms with Crippen LogP contribution in [-0.4, -0.2) is 20.7 Å². The van der Waals surface area contributed by atoms with Crippen molar-refractivity contribution in [3.05, 3.63) is 70.5 Å². The largest absolute Gasteiger partial charge is 0.351 e. The average Bonchev–Trinajstić information content (AvgIpc) is 3.52. The minimum absolute atomic E-state index is 0.0116. The predicted molar refractivity (Wildman–Crippen MR) is 108 cm³/mol. The maximum absolute atomic E-state index is 12.9. The van der Waals surface area contributed by atoms with Crippen LogP contribution in [0.1, 0.15) is 31.4 Å². The number of rotatable bonds is 6. The van der Waals surface area contributed by atoms with E-state index >= 15 is 0 Å². The fraction of sp³-hybridized carbons (Fsp3) is 0.286. The number of nitrogens with one attached hydrogen (secondary N) is 1. The first kappa shape index (κ1) is 17.8. The van der Waals surface area contributed by atoms with Gasteiger partial charge >= 0.3 is 0 Å². The molecule has 0 radical (unpaired) electrons. The summed E-state index contributed by atoms with van der Waals surface area (Å²) in [6.45, 7) is 2.34. The summed E-state index contributed by atoms with van der Waals surface area (Å²) in [4.78, 5) is 30.1. The monoisotopic (exact) mass is 379 g/mol. The van der Waals surface area contributed by atoms with Gasteiger partial charge in [-0.15, -0.1) is 0 Å². The summed E-state index contributed by atoms with van der Waals surface area (Å²) in [5.74, 6) is -0.0615. The van der Waals surface area contributed by atoms with Gasteiger partial charge in [0.05, 0.1) is 16.2 Å². The molecule has 1 N–H and O–H groups in total. The highest BCUT2D eigenvalue weighted by Crippen LogP contribution is 2.37. The number of hydrogen-bond acceptors (Lipinski definition) is 4. The van der Waals surface area contributed by atoms with Crippen LogP contribution in [0.4, 0.5) is 0 Å². The van der Waals surface area contributed by atoms with Crippen molar-refractivity contribution in [1.82, 2.24) is 14.9 Å². The normalized spacial score (nSPS) is 14.9. The first-order valence-electron chi connectivity index (χ1n) is 9.13. The van der Waals surface area contributed by atoms with Crippen molar-refractivity contribution in [2.24, 2.45) is 0 Å². The third kappa shape index (κ3) is 3.90. The van der Waals surface area contributed by atoms with Crippen LogP contribution in [0.25, 0.3) is 10.9 Å². The molecule has 1 aliphatic rings. The Morgan fingerprint density at radius 3 is 2.63 bits per heavy atom. The first-order valence-corrected chi connectivity index (χ1v) is 10.0. The number of nitrogens with zero attached hydrogens (tertiary/aromatic N) is 2. The van der Waals surface area contributed by atoms with E-state index in [0.717, 1.165) is 18.4 Å². The third-order valence-electron chi connectivity index (χ3n) is 4.65. The Hall–Kier alpha value is -2.60. The number of benzene rings is 2. The van der Waals surface area contributed by atoms with Crippen LogP contribution in [0.5, 0.6) is 0 Å². The van der Waals surface area contributed by atoms with Gasteiger partial charge in [0.15, 0.2) is 5.16 Å². The second kappa shape index (κ2) is 7.56. The zero-order valence-corrected chi connectivity index (χ0v) is 15.9. The fourth-order valence-electron chi connectivity index (χ4n) is 3.00. The lowest BCUT2D eigenvalue weighted by Crippen LogP contribution is -2.31. The number of carbonyl (C=O) groups is 1. The van der Waals surface area contributed by atoms with Gasteiger partial charge in [-0.1, -0.05) is 54.2 Å². The van der Waals surface area contributed by atoms with E-state index in [1.54, 1.807) is 4.57 Å².